The number of allylic oxidation sites excluding steroid dienone is 1. The second kappa shape index (κ2) is 9.09. The average molecular weight is 384 g/mol. The van der Waals surface area contributed by atoms with Crippen molar-refractivity contribution in [3.8, 4) is 6.07 Å². The second-order valence-electron chi connectivity index (χ2n) is 7.15. The Morgan fingerprint density at radius 1 is 1.22 bits per heavy atom. The minimum Gasteiger partial charge on any atom is -0.342 e. The van der Waals surface area contributed by atoms with Gasteiger partial charge in [-0.25, -0.2) is 0 Å². The number of nitrogens with one attached hydrogen (secondary N) is 1. The van der Waals surface area contributed by atoms with E-state index in [4.69, 9.17) is 0 Å². The molecule has 0 spiro atoms. The summed E-state index contributed by atoms with van der Waals surface area (Å²) in [5.74, 6) is -0.0238. The second-order valence-corrected chi connectivity index (χ2v) is 8.14. The Labute approximate surface area is 164 Å². The molecule has 1 fully saturated rings. The molecule has 1 atom stereocenters. The number of carbonyl (C=O) groups is 2. The maximum atomic E-state index is 12.5. The highest BCUT2D eigenvalue weighted by molar-refractivity contribution is 8.03. The van der Waals surface area contributed by atoms with Crippen molar-refractivity contribution in [2.45, 2.75) is 44.9 Å². The summed E-state index contributed by atoms with van der Waals surface area (Å²) in [5, 5.41) is 13.1. The first-order valence-electron chi connectivity index (χ1n) is 9.49. The molecule has 6 heteroatoms. The fourth-order valence-corrected chi connectivity index (χ4v) is 4.54. The summed E-state index contributed by atoms with van der Waals surface area (Å²) < 4.78 is 0. The van der Waals surface area contributed by atoms with Gasteiger partial charge in [0.2, 0.25) is 11.8 Å². The summed E-state index contributed by atoms with van der Waals surface area (Å²) in [4.78, 5) is 26.7. The van der Waals surface area contributed by atoms with Gasteiger partial charge in [0.15, 0.2) is 0 Å². The molecule has 2 aliphatic heterocycles. The van der Waals surface area contributed by atoms with Crippen LogP contribution in [0.3, 0.4) is 0 Å². The SMILES string of the molecule is Cc1ccc([C@@H]2CC(=O)NC(SCC(=O)N3CCCCCC3)=C2C#N)cc1. The molecule has 1 N–H and O–H groups in total. The van der Waals surface area contributed by atoms with Crippen LogP contribution in [0.15, 0.2) is 34.9 Å². The number of rotatable bonds is 4. The van der Waals surface area contributed by atoms with Crippen molar-refractivity contribution in [3.05, 3.63) is 46.0 Å². The molecule has 1 aromatic carbocycles. The molecule has 0 aliphatic carbocycles. The van der Waals surface area contributed by atoms with Crippen molar-refractivity contribution in [3.63, 3.8) is 0 Å². The molecule has 0 radical (unpaired) electrons. The maximum Gasteiger partial charge on any atom is 0.232 e. The molecule has 3 rings (SSSR count). The molecular formula is C21H25N3O2S. The number of thioether (sulfide) groups is 1. The van der Waals surface area contributed by atoms with Crippen LogP contribution in [0.25, 0.3) is 0 Å². The van der Waals surface area contributed by atoms with E-state index in [1.807, 2.05) is 36.1 Å². The first kappa shape index (κ1) is 19.5. The molecule has 1 saturated heterocycles. The maximum absolute atomic E-state index is 12.5. The molecule has 27 heavy (non-hydrogen) atoms. The van der Waals surface area contributed by atoms with Crippen molar-refractivity contribution in [2.24, 2.45) is 0 Å². The lowest BCUT2D eigenvalue weighted by atomic mass is 9.87. The van der Waals surface area contributed by atoms with Gasteiger partial charge in [0.25, 0.3) is 0 Å². The topological polar surface area (TPSA) is 73.2 Å². The lowest BCUT2D eigenvalue weighted by Gasteiger charge is -2.26. The molecule has 2 heterocycles. The van der Waals surface area contributed by atoms with E-state index in [2.05, 4.69) is 11.4 Å². The summed E-state index contributed by atoms with van der Waals surface area (Å²) in [6.45, 7) is 3.62. The van der Waals surface area contributed by atoms with Gasteiger partial charge >= 0.3 is 0 Å². The summed E-state index contributed by atoms with van der Waals surface area (Å²) in [7, 11) is 0. The van der Waals surface area contributed by atoms with Crippen LogP contribution in [-0.2, 0) is 9.59 Å². The standard InChI is InChI=1S/C21H25N3O2S/c1-15-6-8-16(9-7-15)17-12-19(25)23-21(18(17)13-22)27-14-20(26)24-10-4-2-3-5-11-24/h6-9,17H,2-5,10-12,14H2,1H3,(H,23,25)/t17-/m0/s1. The Morgan fingerprint density at radius 3 is 2.52 bits per heavy atom. The van der Waals surface area contributed by atoms with E-state index in [1.165, 1.54) is 24.6 Å². The largest absolute Gasteiger partial charge is 0.342 e. The molecule has 0 bridgehead atoms. The van der Waals surface area contributed by atoms with Crippen molar-refractivity contribution < 1.29 is 9.59 Å². The summed E-state index contributed by atoms with van der Waals surface area (Å²) in [6.07, 6.45) is 4.71. The van der Waals surface area contributed by atoms with E-state index < -0.39 is 0 Å². The van der Waals surface area contributed by atoms with Gasteiger partial charge in [-0.3, -0.25) is 9.59 Å². The van der Waals surface area contributed by atoms with Crippen molar-refractivity contribution in [2.75, 3.05) is 18.8 Å². The molecule has 0 unspecified atom stereocenters. The Morgan fingerprint density at radius 2 is 1.89 bits per heavy atom. The third-order valence-electron chi connectivity index (χ3n) is 5.13. The third kappa shape index (κ3) is 4.92. The number of carbonyl (C=O) groups excluding carboxylic acids is 2. The third-order valence-corrected chi connectivity index (χ3v) is 6.14. The number of amides is 2. The fraction of sp³-hybridized carbons (Fsp3) is 0.476. The molecular weight excluding hydrogens is 358 g/mol. The van der Waals surface area contributed by atoms with Crippen molar-refractivity contribution in [1.82, 2.24) is 10.2 Å². The number of aryl methyl sites for hydroxylation is 1. The first-order valence-corrected chi connectivity index (χ1v) is 10.5. The molecule has 2 amide bonds. The zero-order valence-electron chi connectivity index (χ0n) is 15.7. The van der Waals surface area contributed by atoms with Crippen LogP contribution >= 0.6 is 11.8 Å². The fourth-order valence-electron chi connectivity index (χ4n) is 3.56. The van der Waals surface area contributed by atoms with Gasteiger partial charge in [0.05, 0.1) is 22.4 Å². The highest BCUT2D eigenvalue weighted by Crippen LogP contribution is 2.36. The zero-order valence-corrected chi connectivity index (χ0v) is 16.5. The van der Waals surface area contributed by atoms with Crippen LogP contribution in [0.1, 0.15) is 49.1 Å². The molecule has 2 aliphatic rings. The Hall–Kier alpha value is -2.26. The molecule has 5 nitrogen and oxygen atoms in total. The first-order chi connectivity index (χ1) is 13.1. The molecule has 1 aromatic rings. The Kier molecular flexibility index (Phi) is 6.57. The van der Waals surface area contributed by atoms with E-state index >= 15 is 0 Å². The van der Waals surface area contributed by atoms with Gasteiger partial charge in [-0.2, -0.15) is 5.26 Å². The molecule has 142 valence electrons. The minimum absolute atomic E-state index is 0.0819. The minimum atomic E-state index is -0.250. The number of nitriles is 1. The van der Waals surface area contributed by atoms with Gasteiger partial charge in [-0.15, -0.1) is 0 Å². The Balaban J connectivity index is 1.75. The van der Waals surface area contributed by atoms with Crippen LogP contribution < -0.4 is 5.32 Å². The van der Waals surface area contributed by atoms with Crippen molar-refractivity contribution >= 4 is 23.6 Å². The highest BCUT2D eigenvalue weighted by Gasteiger charge is 2.30. The summed E-state index contributed by atoms with van der Waals surface area (Å²) in [5.41, 5.74) is 2.65. The van der Waals surface area contributed by atoms with Crippen LogP contribution in [0.5, 0.6) is 0 Å². The highest BCUT2D eigenvalue weighted by atomic mass is 32.2. The summed E-state index contributed by atoms with van der Waals surface area (Å²) >= 11 is 1.28. The predicted molar refractivity (Wildman–Crippen MR) is 107 cm³/mol. The van der Waals surface area contributed by atoms with Crippen LogP contribution in [0.4, 0.5) is 0 Å². The van der Waals surface area contributed by atoms with E-state index in [1.54, 1.807) is 0 Å². The van der Waals surface area contributed by atoms with Gasteiger partial charge in [-0.05, 0) is 25.3 Å². The predicted octanol–water partition coefficient (Wildman–Crippen LogP) is 3.47. The van der Waals surface area contributed by atoms with Crippen LogP contribution in [0, 0.1) is 18.3 Å². The quantitative estimate of drug-likeness (QED) is 0.864. The summed E-state index contributed by atoms with van der Waals surface area (Å²) in [6, 6.07) is 10.2. The van der Waals surface area contributed by atoms with Gasteiger partial charge < -0.3 is 10.2 Å². The number of hydrogen-bond acceptors (Lipinski definition) is 4. The van der Waals surface area contributed by atoms with Gasteiger partial charge in [0.1, 0.15) is 0 Å². The number of likely N-dealkylation sites (tertiary alicyclic amines) is 1. The van der Waals surface area contributed by atoms with Crippen LogP contribution in [-0.4, -0.2) is 35.6 Å². The number of hydrogen-bond donors (Lipinski definition) is 1. The number of nitrogens with zero attached hydrogens (tertiary/aromatic N) is 2. The zero-order chi connectivity index (χ0) is 19.2. The monoisotopic (exact) mass is 383 g/mol. The molecule has 0 aromatic heterocycles. The van der Waals surface area contributed by atoms with Crippen molar-refractivity contribution in [1.29, 1.82) is 5.26 Å². The number of benzene rings is 1. The van der Waals surface area contributed by atoms with E-state index in [0.29, 0.717) is 10.6 Å². The molecule has 0 saturated carbocycles. The van der Waals surface area contributed by atoms with Crippen LogP contribution in [0.2, 0.25) is 0 Å². The Bertz CT molecular complexity index is 772. The van der Waals surface area contributed by atoms with Gasteiger partial charge in [0, 0.05) is 25.4 Å². The van der Waals surface area contributed by atoms with E-state index in [-0.39, 0.29) is 29.9 Å². The normalized spacial score (nSPS) is 20.7. The smallest absolute Gasteiger partial charge is 0.232 e. The van der Waals surface area contributed by atoms with Gasteiger partial charge in [-0.1, -0.05) is 54.4 Å². The average Bonchev–Trinajstić information content (AvgIpc) is 2.96. The van der Waals surface area contributed by atoms with E-state index in [0.717, 1.165) is 37.1 Å². The van der Waals surface area contributed by atoms with E-state index in [9.17, 15) is 14.9 Å². The lowest BCUT2D eigenvalue weighted by molar-refractivity contribution is -0.128. The lowest BCUT2D eigenvalue weighted by Crippen LogP contribution is -2.35.